The lowest BCUT2D eigenvalue weighted by molar-refractivity contribution is -0.672. The first-order valence-electron chi connectivity index (χ1n) is 6.97. The largest absolute Gasteiger partial charge is 0.287 e. The van der Waals surface area contributed by atoms with Crippen LogP contribution in [0, 0.1) is 0 Å². The number of pyridine rings is 1. The van der Waals surface area contributed by atoms with Crippen molar-refractivity contribution in [3.8, 4) is 11.3 Å². The summed E-state index contributed by atoms with van der Waals surface area (Å²) >= 11 is 0. The van der Waals surface area contributed by atoms with Gasteiger partial charge in [-0.05, 0) is 18.2 Å². The van der Waals surface area contributed by atoms with Gasteiger partial charge in [0, 0.05) is 23.3 Å². The van der Waals surface area contributed by atoms with Crippen LogP contribution in [0.15, 0.2) is 85.1 Å². The molecule has 0 radical (unpaired) electrons. The second-order valence-electron chi connectivity index (χ2n) is 4.87. The monoisotopic (exact) mass is 354 g/mol. The number of ketones is 1. The maximum Gasteiger partial charge on any atom is 0.227 e. The molecule has 1 aromatic heterocycles. The molecule has 3 rings (SSSR count). The zero-order valence-electron chi connectivity index (χ0n) is 12.1. The van der Waals surface area contributed by atoms with Crippen molar-refractivity contribution in [1.82, 2.24) is 0 Å². The fourth-order valence-corrected chi connectivity index (χ4v) is 2.36. The Kier molecular flexibility index (Phi) is 5.61. The smallest absolute Gasteiger partial charge is 0.227 e. The van der Waals surface area contributed by atoms with Crippen molar-refractivity contribution in [3.63, 3.8) is 0 Å². The minimum atomic E-state index is 0. The van der Waals surface area contributed by atoms with Gasteiger partial charge in [0.25, 0.3) is 0 Å². The molecule has 2 aromatic carbocycles. The molecule has 0 aliphatic carbocycles. The second kappa shape index (κ2) is 7.66. The highest BCUT2D eigenvalue weighted by Gasteiger charge is 2.16. The highest BCUT2D eigenvalue weighted by molar-refractivity contribution is 8.93. The maximum atomic E-state index is 12.4. The number of nitrogens with zero attached hydrogens (tertiary/aromatic N) is 1. The number of carbonyl (C=O) groups is 1. The van der Waals surface area contributed by atoms with Crippen LogP contribution in [0.3, 0.4) is 0 Å². The van der Waals surface area contributed by atoms with Gasteiger partial charge in [0.05, 0.1) is 0 Å². The Bertz CT molecular complexity index is 742. The molecule has 0 atom stereocenters. The predicted molar refractivity (Wildman–Crippen MR) is 93.2 cm³/mol. The number of aromatic nitrogens is 1. The molecule has 1 heterocycles. The second-order valence-corrected chi connectivity index (χ2v) is 4.87. The Morgan fingerprint density at radius 1 is 0.773 bits per heavy atom. The van der Waals surface area contributed by atoms with Crippen molar-refractivity contribution in [2.75, 3.05) is 0 Å². The average molecular weight is 355 g/mol. The van der Waals surface area contributed by atoms with Crippen molar-refractivity contribution >= 4 is 22.8 Å². The summed E-state index contributed by atoms with van der Waals surface area (Å²) in [5, 5.41) is 0. The fourth-order valence-electron chi connectivity index (χ4n) is 2.36. The van der Waals surface area contributed by atoms with Crippen LogP contribution < -0.4 is 4.57 Å². The van der Waals surface area contributed by atoms with Crippen molar-refractivity contribution in [2.24, 2.45) is 0 Å². The molecule has 22 heavy (non-hydrogen) atoms. The van der Waals surface area contributed by atoms with E-state index in [4.69, 9.17) is 0 Å². The lowest BCUT2D eigenvalue weighted by Gasteiger charge is -2.03. The molecule has 0 bridgehead atoms. The van der Waals surface area contributed by atoms with Gasteiger partial charge in [-0.15, -0.1) is 17.0 Å². The summed E-state index contributed by atoms with van der Waals surface area (Å²) in [6, 6.07) is 25.5. The molecule has 0 spiro atoms. The molecule has 0 aliphatic rings. The molecule has 0 saturated carbocycles. The van der Waals surface area contributed by atoms with E-state index >= 15 is 0 Å². The molecule has 110 valence electrons. The summed E-state index contributed by atoms with van der Waals surface area (Å²) < 4.78 is 1.99. The van der Waals surface area contributed by atoms with E-state index in [9.17, 15) is 4.79 Å². The van der Waals surface area contributed by atoms with Crippen LogP contribution in [0.5, 0.6) is 0 Å². The van der Waals surface area contributed by atoms with Crippen LogP contribution in [0.1, 0.15) is 10.4 Å². The zero-order valence-corrected chi connectivity index (χ0v) is 13.8. The summed E-state index contributed by atoms with van der Waals surface area (Å²) in [7, 11) is 0. The molecule has 0 N–H and O–H groups in total. The van der Waals surface area contributed by atoms with E-state index in [1.165, 1.54) is 0 Å². The summed E-state index contributed by atoms with van der Waals surface area (Å²) in [5.41, 5.74) is 2.90. The first kappa shape index (κ1) is 16.1. The van der Waals surface area contributed by atoms with Crippen LogP contribution in [0.25, 0.3) is 11.3 Å². The van der Waals surface area contributed by atoms with Gasteiger partial charge in [-0.25, -0.2) is 0 Å². The number of benzene rings is 2. The molecular weight excluding hydrogens is 338 g/mol. The average Bonchev–Trinajstić information content (AvgIpc) is 2.57. The molecule has 0 fully saturated rings. The van der Waals surface area contributed by atoms with E-state index < -0.39 is 0 Å². The molecular formula is C19H17BrNO+. The van der Waals surface area contributed by atoms with Crippen LogP contribution in [-0.2, 0) is 6.54 Å². The number of hydrogen-bond acceptors (Lipinski definition) is 1. The van der Waals surface area contributed by atoms with Crippen molar-refractivity contribution in [2.45, 2.75) is 6.54 Å². The zero-order chi connectivity index (χ0) is 14.5. The predicted octanol–water partition coefficient (Wildman–Crippen LogP) is 4.10. The van der Waals surface area contributed by atoms with Gasteiger partial charge in [-0.2, -0.15) is 4.57 Å². The van der Waals surface area contributed by atoms with Crippen LogP contribution in [0.2, 0.25) is 0 Å². The van der Waals surface area contributed by atoms with Crippen LogP contribution in [0.4, 0.5) is 0 Å². The van der Waals surface area contributed by atoms with E-state index in [0.717, 1.165) is 16.8 Å². The highest BCUT2D eigenvalue weighted by Crippen LogP contribution is 2.14. The quantitative estimate of drug-likeness (QED) is 0.510. The summed E-state index contributed by atoms with van der Waals surface area (Å²) in [6.45, 7) is 0.342. The van der Waals surface area contributed by atoms with Gasteiger partial charge in [-0.1, -0.05) is 48.5 Å². The normalized spacial score (nSPS) is 9.82. The van der Waals surface area contributed by atoms with Gasteiger partial charge in [0.2, 0.25) is 18.0 Å². The lowest BCUT2D eigenvalue weighted by Crippen LogP contribution is -2.39. The number of carbonyl (C=O) groups excluding carboxylic acids is 1. The third-order valence-corrected chi connectivity index (χ3v) is 3.42. The van der Waals surface area contributed by atoms with E-state index in [0.29, 0.717) is 6.54 Å². The SMILES string of the molecule is Br.O=C(C[n+]1ccccc1-c1ccccc1)c1ccccc1. The Morgan fingerprint density at radius 2 is 1.36 bits per heavy atom. The standard InChI is InChI=1S/C19H16NO.BrH/c21-19(17-11-5-2-6-12-17)15-20-14-8-7-13-18(20)16-9-3-1-4-10-16;/h1-14H,15H2;1H/q+1;. The molecule has 0 saturated heterocycles. The minimum Gasteiger partial charge on any atom is -0.287 e. The van der Waals surface area contributed by atoms with Crippen molar-refractivity contribution < 1.29 is 9.36 Å². The molecule has 2 nitrogen and oxygen atoms in total. The number of rotatable bonds is 4. The van der Waals surface area contributed by atoms with E-state index in [1.54, 1.807) is 0 Å². The number of halogens is 1. The van der Waals surface area contributed by atoms with Gasteiger partial charge in [0.15, 0.2) is 6.20 Å². The number of Topliss-reactive ketones (excluding diaryl/α,β-unsaturated/α-hetero) is 1. The molecule has 0 amide bonds. The Morgan fingerprint density at radius 3 is 2.05 bits per heavy atom. The van der Waals surface area contributed by atoms with Gasteiger partial charge < -0.3 is 0 Å². The van der Waals surface area contributed by atoms with E-state index in [1.807, 2.05) is 77.5 Å². The minimum absolute atomic E-state index is 0. The fraction of sp³-hybridized carbons (Fsp3) is 0.0526. The van der Waals surface area contributed by atoms with Gasteiger partial charge in [-0.3, -0.25) is 4.79 Å². The van der Waals surface area contributed by atoms with E-state index in [2.05, 4.69) is 12.1 Å². The lowest BCUT2D eigenvalue weighted by atomic mass is 10.1. The van der Waals surface area contributed by atoms with Gasteiger partial charge in [0.1, 0.15) is 0 Å². The van der Waals surface area contributed by atoms with Crippen LogP contribution >= 0.6 is 17.0 Å². The third kappa shape index (κ3) is 3.68. The first-order chi connectivity index (χ1) is 10.3. The topological polar surface area (TPSA) is 20.9 Å². The molecule has 0 unspecified atom stereocenters. The van der Waals surface area contributed by atoms with Gasteiger partial charge >= 0.3 is 0 Å². The number of hydrogen-bond donors (Lipinski definition) is 0. The third-order valence-electron chi connectivity index (χ3n) is 3.42. The Balaban J connectivity index is 0.00000176. The molecule has 3 heteroatoms. The summed E-state index contributed by atoms with van der Waals surface area (Å²) in [5.74, 6) is 0.115. The summed E-state index contributed by atoms with van der Waals surface area (Å²) in [6.07, 6.45) is 1.95. The molecule has 3 aromatic rings. The molecule has 0 aliphatic heterocycles. The van der Waals surface area contributed by atoms with E-state index in [-0.39, 0.29) is 22.8 Å². The highest BCUT2D eigenvalue weighted by atomic mass is 79.9. The van der Waals surface area contributed by atoms with Crippen molar-refractivity contribution in [3.05, 3.63) is 90.6 Å². The van der Waals surface area contributed by atoms with Crippen LogP contribution in [-0.4, -0.2) is 5.78 Å². The maximum absolute atomic E-state index is 12.4. The first-order valence-corrected chi connectivity index (χ1v) is 6.97. The Hall–Kier alpha value is -2.26. The summed E-state index contributed by atoms with van der Waals surface area (Å²) in [4.78, 5) is 12.4. The Labute approximate surface area is 140 Å². The van der Waals surface area contributed by atoms with Crippen molar-refractivity contribution in [1.29, 1.82) is 0 Å².